The van der Waals surface area contributed by atoms with Gasteiger partial charge in [-0.3, -0.25) is 9.59 Å². The van der Waals surface area contributed by atoms with Gasteiger partial charge in [0.25, 0.3) is 0 Å². The van der Waals surface area contributed by atoms with Gasteiger partial charge < -0.3 is 10.2 Å². The Bertz CT molecular complexity index is 806. The zero-order chi connectivity index (χ0) is 18.6. The molecule has 0 aliphatic rings. The van der Waals surface area contributed by atoms with Crippen molar-refractivity contribution in [2.45, 2.75) is 27.2 Å². The van der Waals surface area contributed by atoms with Crippen molar-refractivity contribution in [3.63, 3.8) is 0 Å². The van der Waals surface area contributed by atoms with Gasteiger partial charge in [-0.1, -0.05) is 35.3 Å². The monoisotopic (exact) mass is 378 g/mol. The molecule has 0 aliphatic carbocycles. The Morgan fingerprint density at radius 1 is 1.08 bits per heavy atom. The zero-order valence-corrected chi connectivity index (χ0v) is 15.9. The molecule has 0 bridgehead atoms. The van der Waals surface area contributed by atoms with Crippen molar-refractivity contribution in [2.24, 2.45) is 0 Å². The predicted octanol–water partition coefficient (Wildman–Crippen LogP) is 4.99. The highest BCUT2D eigenvalue weighted by molar-refractivity contribution is 6.42. The lowest BCUT2D eigenvalue weighted by molar-refractivity contribution is -0.117. The minimum Gasteiger partial charge on any atom is -0.326 e. The highest BCUT2D eigenvalue weighted by Crippen LogP contribution is 2.25. The number of halogens is 2. The van der Waals surface area contributed by atoms with Crippen molar-refractivity contribution < 1.29 is 9.59 Å². The first-order valence-electron chi connectivity index (χ1n) is 7.89. The number of benzene rings is 2. The lowest BCUT2D eigenvalue weighted by Crippen LogP contribution is -2.32. The SMILES string of the molecule is CC(=O)N(CCC(=O)Nc1ccc(Cl)c(Cl)c1)c1cccc(C)c1C. The number of carbonyl (C=O) groups excluding carboxylic acids is 2. The van der Waals surface area contributed by atoms with Gasteiger partial charge >= 0.3 is 0 Å². The summed E-state index contributed by atoms with van der Waals surface area (Å²) in [6.45, 7) is 5.76. The molecule has 6 heteroatoms. The summed E-state index contributed by atoms with van der Waals surface area (Å²) in [5, 5.41) is 3.57. The van der Waals surface area contributed by atoms with Crippen molar-refractivity contribution in [1.82, 2.24) is 0 Å². The Labute approximate surface area is 157 Å². The van der Waals surface area contributed by atoms with E-state index in [4.69, 9.17) is 23.2 Å². The molecule has 2 aromatic rings. The smallest absolute Gasteiger partial charge is 0.226 e. The third-order valence-electron chi connectivity index (χ3n) is 4.01. The molecular weight excluding hydrogens is 359 g/mol. The lowest BCUT2D eigenvalue weighted by atomic mass is 10.1. The Morgan fingerprint density at radius 3 is 2.44 bits per heavy atom. The number of hydrogen-bond donors (Lipinski definition) is 1. The summed E-state index contributed by atoms with van der Waals surface area (Å²) in [4.78, 5) is 25.8. The van der Waals surface area contributed by atoms with Gasteiger partial charge in [-0.2, -0.15) is 0 Å². The molecule has 0 fully saturated rings. The molecule has 0 saturated heterocycles. The summed E-state index contributed by atoms with van der Waals surface area (Å²) in [6.07, 6.45) is 0.174. The summed E-state index contributed by atoms with van der Waals surface area (Å²) in [5.41, 5.74) is 3.53. The first kappa shape index (κ1) is 19.3. The van der Waals surface area contributed by atoms with E-state index in [1.165, 1.54) is 6.92 Å². The second-order valence-corrected chi connectivity index (χ2v) is 6.63. The van der Waals surface area contributed by atoms with E-state index in [0.29, 0.717) is 22.3 Å². The van der Waals surface area contributed by atoms with Gasteiger partial charge in [0.1, 0.15) is 0 Å². The van der Waals surface area contributed by atoms with Crippen molar-refractivity contribution in [3.05, 3.63) is 57.6 Å². The van der Waals surface area contributed by atoms with E-state index in [2.05, 4.69) is 5.32 Å². The minimum absolute atomic E-state index is 0.101. The second-order valence-electron chi connectivity index (χ2n) is 5.82. The molecule has 1 N–H and O–H groups in total. The van der Waals surface area contributed by atoms with Crippen LogP contribution in [-0.2, 0) is 9.59 Å². The van der Waals surface area contributed by atoms with E-state index in [1.54, 1.807) is 23.1 Å². The molecule has 0 unspecified atom stereocenters. The van der Waals surface area contributed by atoms with E-state index in [-0.39, 0.29) is 18.2 Å². The number of anilines is 2. The van der Waals surface area contributed by atoms with Crippen molar-refractivity contribution in [3.8, 4) is 0 Å². The third kappa shape index (κ3) is 4.97. The van der Waals surface area contributed by atoms with Crippen LogP contribution in [0.4, 0.5) is 11.4 Å². The highest BCUT2D eigenvalue weighted by atomic mass is 35.5. The van der Waals surface area contributed by atoms with Gasteiger partial charge in [-0.15, -0.1) is 0 Å². The fourth-order valence-electron chi connectivity index (χ4n) is 2.49. The standard InChI is InChI=1S/C19H20Cl2N2O2/c1-12-5-4-6-18(13(12)2)23(14(3)24)10-9-19(25)22-15-7-8-16(20)17(21)11-15/h4-8,11H,9-10H2,1-3H3,(H,22,25). The molecule has 0 heterocycles. The van der Waals surface area contributed by atoms with Crippen molar-refractivity contribution >= 4 is 46.4 Å². The van der Waals surface area contributed by atoms with Crippen molar-refractivity contribution in [2.75, 3.05) is 16.8 Å². The van der Waals surface area contributed by atoms with E-state index in [9.17, 15) is 9.59 Å². The van der Waals surface area contributed by atoms with Gasteiger partial charge in [0.05, 0.1) is 10.0 Å². The van der Waals surface area contributed by atoms with Gasteiger partial charge in [0.2, 0.25) is 11.8 Å². The molecular formula is C19H20Cl2N2O2. The van der Waals surface area contributed by atoms with Crippen molar-refractivity contribution in [1.29, 1.82) is 0 Å². The molecule has 0 atom stereocenters. The van der Waals surface area contributed by atoms with Crippen LogP contribution in [0.3, 0.4) is 0 Å². The van der Waals surface area contributed by atoms with Gasteiger partial charge in [0.15, 0.2) is 0 Å². The largest absolute Gasteiger partial charge is 0.326 e. The quantitative estimate of drug-likeness (QED) is 0.796. The fourth-order valence-corrected chi connectivity index (χ4v) is 2.78. The normalized spacial score (nSPS) is 10.4. The summed E-state index contributed by atoms with van der Waals surface area (Å²) < 4.78 is 0. The number of nitrogens with one attached hydrogen (secondary N) is 1. The van der Waals surface area contributed by atoms with Crippen LogP contribution in [0.15, 0.2) is 36.4 Å². The topological polar surface area (TPSA) is 49.4 Å². The predicted molar refractivity (Wildman–Crippen MR) is 104 cm³/mol. The lowest BCUT2D eigenvalue weighted by Gasteiger charge is -2.23. The molecule has 0 aromatic heterocycles. The number of hydrogen-bond acceptors (Lipinski definition) is 2. The van der Waals surface area contributed by atoms with E-state index < -0.39 is 0 Å². The number of rotatable bonds is 5. The summed E-state index contributed by atoms with van der Waals surface area (Å²) >= 11 is 11.8. The minimum atomic E-state index is -0.199. The third-order valence-corrected chi connectivity index (χ3v) is 4.75. The maximum absolute atomic E-state index is 12.2. The molecule has 0 spiro atoms. The van der Waals surface area contributed by atoms with E-state index in [1.807, 2.05) is 32.0 Å². The van der Waals surface area contributed by atoms with Crippen LogP contribution in [0.25, 0.3) is 0 Å². The average molecular weight is 379 g/mol. The molecule has 0 aliphatic heterocycles. The molecule has 2 rings (SSSR count). The molecule has 4 nitrogen and oxygen atoms in total. The van der Waals surface area contributed by atoms with Crippen LogP contribution < -0.4 is 10.2 Å². The fraction of sp³-hybridized carbons (Fsp3) is 0.263. The molecule has 132 valence electrons. The number of nitrogens with zero attached hydrogens (tertiary/aromatic N) is 1. The van der Waals surface area contributed by atoms with E-state index in [0.717, 1.165) is 16.8 Å². The maximum atomic E-state index is 12.2. The summed E-state index contributed by atoms with van der Waals surface area (Å²) in [5.74, 6) is -0.300. The van der Waals surface area contributed by atoms with E-state index >= 15 is 0 Å². The molecule has 2 amide bonds. The maximum Gasteiger partial charge on any atom is 0.226 e. The number of carbonyl (C=O) groups is 2. The Balaban J connectivity index is 2.05. The first-order chi connectivity index (χ1) is 11.8. The Morgan fingerprint density at radius 2 is 1.80 bits per heavy atom. The van der Waals surface area contributed by atoms with Crippen LogP contribution in [0.2, 0.25) is 10.0 Å². The van der Waals surface area contributed by atoms with Crippen LogP contribution in [0.5, 0.6) is 0 Å². The van der Waals surface area contributed by atoms with Gasteiger partial charge in [-0.25, -0.2) is 0 Å². The van der Waals surface area contributed by atoms with Crippen LogP contribution in [0.1, 0.15) is 24.5 Å². The number of aryl methyl sites for hydroxylation is 1. The van der Waals surface area contributed by atoms with Crippen LogP contribution >= 0.6 is 23.2 Å². The summed E-state index contributed by atoms with van der Waals surface area (Å²) in [7, 11) is 0. The highest BCUT2D eigenvalue weighted by Gasteiger charge is 2.16. The van der Waals surface area contributed by atoms with Crippen LogP contribution in [0, 0.1) is 13.8 Å². The summed E-state index contributed by atoms with van der Waals surface area (Å²) in [6, 6.07) is 10.7. The Hall–Kier alpha value is -2.04. The average Bonchev–Trinajstić information content (AvgIpc) is 2.54. The van der Waals surface area contributed by atoms with Crippen LogP contribution in [-0.4, -0.2) is 18.4 Å². The van der Waals surface area contributed by atoms with Gasteiger partial charge in [-0.05, 0) is 49.2 Å². The number of amides is 2. The van der Waals surface area contributed by atoms with Gasteiger partial charge in [0, 0.05) is 31.3 Å². The first-order valence-corrected chi connectivity index (χ1v) is 8.64. The molecule has 0 radical (unpaired) electrons. The molecule has 2 aromatic carbocycles. The Kier molecular flexibility index (Phi) is 6.45. The molecule has 0 saturated carbocycles. The molecule has 25 heavy (non-hydrogen) atoms. The second kappa shape index (κ2) is 8.37. The zero-order valence-electron chi connectivity index (χ0n) is 14.4.